The smallest absolute Gasteiger partial charge is 0.309 e. The van der Waals surface area contributed by atoms with E-state index in [9.17, 15) is 4.79 Å². The lowest BCUT2D eigenvalue weighted by atomic mass is 10.0. The average molecular weight is 455 g/mol. The van der Waals surface area contributed by atoms with Gasteiger partial charge in [-0.25, -0.2) is 9.13 Å². The largest absolute Gasteiger partial charge is 0.481 e. The van der Waals surface area contributed by atoms with Crippen LogP contribution in [0.15, 0.2) is 49.1 Å². The van der Waals surface area contributed by atoms with E-state index < -0.39 is 5.97 Å². The number of aliphatic carboxylic acids is 1. The lowest BCUT2D eigenvalue weighted by Crippen LogP contribution is -2.33. The molecule has 0 unspecified atom stereocenters. The number of unbranched alkanes of at least 4 members (excludes halogenated alkanes) is 13. The molecule has 0 saturated heterocycles. The molecule has 2 aromatic rings. The normalized spacial score (nSPS) is 11.1. The lowest BCUT2D eigenvalue weighted by molar-refractivity contribution is -0.697. The van der Waals surface area contributed by atoms with E-state index in [1.807, 2.05) is 17.0 Å². The van der Waals surface area contributed by atoms with E-state index in [0.29, 0.717) is 6.54 Å². The first kappa shape index (κ1) is 27.0. The van der Waals surface area contributed by atoms with Gasteiger partial charge in [0.05, 0.1) is 0 Å². The minimum absolute atomic E-state index is 0.147. The Labute approximate surface area is 201 Å². The molecule has 0 fully saturated rings. The van der Waals surface area contributed by atoms with Crippen molar-refractivity contribution >= 4 is 5.97 Å². The van der Waals surface area contributed by atoms with Gasteiger partial charge in [-0.2, -0.15) is 0 Å². The fourth-order valence-corrected chi connectivity index (χ4v) is 4.31. The maximum Gasteiger partial charge on any atom is 0.309 e. The van der Waals surface area contributed by atoms with E-state index in [1.54, 1.807) is 0 Å². The summed E-state index contributed by atoms with van der Waals surface area (Å²) < 4.78 is 4.19. The quantitative estimate of drug-likeness (QED) is 0.186. The zero-order chi connectivity index (χ0) is 23.6. The molecule has 0 spiro atoms. The summed E-state index contributed by atoms with van der Waals surface area (Å²) in [6.07, 6.45) is 27.9. The maximum absolute atomic E-state index is 10.7. The van der Waals surface area contributed by atoms with Crippen molar-refractivity contribution in [3.8, 4) is 11.1 Å². The number of carboxylic acid groups (broad SMARTS) is 1. The average Bonchev–Trinajstić information content (AvgIpc) is 2.83. The number of carboxylic acids is 1. The van der Waals surface area contributed by atoms with Crippen LogP contribution in [0.4, 0.5) is 0 Å². The molecular formula is C29H46N2O2+2. The zero-order valence-electron chi connectivity index (χ0n) is 20.9. The highest BCUT2D eigenvalue weighted by atomic mass is 16.4. The summed E-state index contributed by atoms with van der Waals surface area (Å²) in [4.78, 5) is 10.7. The van der Waals surface area contributed by atoms with Crippen LogP contribution in [0.5, 0.6) is 0 Å². The third kappa shape index (κ3) is 12.6. The molecule has 1 N–H and O–H groups in total. The fourth-order valence-electron chi connectivity index (χ4n) is 4.31. The van der Waals surface area contributed by atoms with Crippen molar-refractivity contribution in [3.05, 3.63) is 49.1 Å². The number of pyridine rings is 2. The molecule has 4 heteroatoms. The van der Waals surface area contributed by atoms with Crippen LogP contribution in [0.2, 0.25) is 0 Å². The first-order chi connectivity index (χ1) is 16.2. The molecule has 2 aromatic heterocycles. The second-order valence-corrected chi connectivity index (χ2v) is 9.39. The maximum atomic E-state index is 10.7. The Balaban J connectivity index is 1.50. The highest BCUT2D eigenvalue weighted by Crippen LogP contribution is 2.16. The van der Waals surface area contributed by atoms with Crippen molar-refractivity contribution < 1.29 is 19.0 Å². The molecule has 0 aliphatic rings. The molecule has 0 bridgehead atoms. The number of hydrogen-bond acceptors (Lipinski definition) is 1. The molecule has 0 aliphatic heterocycles. The van der Waals surface area contributed by atoms with Gasteiger partial charge in [-0.05, 0) is 17.5 Å². The van der Waals surface area contributed by atoms with Crippen molar-refractivity contribution in [2.24, 2.45) is 0 Å². The van der Waals surface area contributed by atoms with Gasteiger partial charge >= 0.3 is 5.97 Å². The van der Waals surface area contributed by atoms with E-state index >= 15 is 0 Å². The summed E-state index contributed by atoms with van der Waals surface area (Å²) in [7, 11) is 0. The molecule has 0 amide bonds. The summed E-state index contributed by atoms with van der Waals surface area (Å²) in [5, 5.41) is 8.80. The second-order valence-electron chi connectivity index (χ2n) is 9.39. The molecule has 2 rings (SSSR count). The van der Waals surface area contributed by atoms with Gasteiger partial charge in [-0.3, -0.25) is 4.79 Å². The van der Waals surface area contributed by atoms with Gasteiger partial charge in [-0.1, -0.05) is 84.0 Å². The Bertz CT molecular complexity index is 756. The SMILES string of the molecule is CCCCCCCCCCCCCCCC[n+]1ccc(-c2cc[n+](CCC(=O)O)cc2)cc1. The Morgan fingerprint density at radius 1 is 0.606 bits per heavy atom. The van der Waals surface area contributed by atoms with Crippen LogP contribution >= 0.6 is 0 Å². The van der Waals surface area contributed by atoms with Crippen molar-refractivity contribution in [1.29, 1.82) is 0 Å². The van der Waals surface area contributed by atoms with Crippen molar-refractivity contribution in [3.63, 3.8) is 0 Å². The molecule has 0 radical (unpaired) electrons. The van der Waals surface area contributed by atoms with Gasteiger partial charge in [0, 0.05) is 30.7 Å². The standard InChI is InChI=1S/C29H45N2O2/c1-2-3-4-5-6-7-8-9-10-11-12-13-14-15-21-30-22-16-27(17-23-30)28-18-24-31(25-19-28)26-20-29(32)33/h16-19,22-25H,2-15,20-21,26H2,1H3/q+1/p+1. The number of aromatic nitrogens is 2. The predicted molar refractivity (Wildman–Crippen MR) is 135 cm³/mol. The first-order valence-corrected chi connectivity index (χ1v) is 13.4. The molecule has 4 nitrogen and oxygen atoms in total. The topological polar surface area (TPSA) is 45.1 Å². The van der Waals surface area contributed by atoms with Gasteiger partial charge < -0.3 is 5.11 Å². The molecule has 0 atom stereocenters. The number of carbonyl (C=O) groups is 1. The van der Waals surface area contributed by atoms with Gasteiger partial charge in [0.1, 0.15) is 13.0 Å². The van der Waals surface area contributed by atoms with Crippen LogP contribution in [-0.2, 0) is 17.9 Å². The number of rotatable bonds is 19. The van der Waals surface area contributed by atoms with E-state index in [0.717, 1.165) is 12.1 Å². The molecule has 182 valence electrons. The lowest BCUT2D eigenvalue weighted by Gasteiger charge is -2.03. The van der Waals surface area contributed by atoms with Crippen LogP contribution in [0.1, 0.15) is 103 Å². The number of hydrogen-bond donors (Lipinski definition) is 1. The van der Waals surface area contributed by atoms with Crippen LogP contribution in [0.25, 0.3) is 11.1 Å². The van der Waals surface area contributed by atoms with E-state index in [1.165, 1.54) is 95.5 Å². The van der Waals surface area contributed by atoms with E-state index in [-0.39, 0.29) is 6.42 Å². The minimum Gasteiger partial charge on any atom is -0.481 e. The van der Waals surface area contributed by atoms with Gasteiger partial charge in [0.15, 0.2) is 31.3 Å². The van der Waals surface area contributed by atoms with Gasteiger partial charge in [0.25, 0.3) is 0 Å². The Morgan fingerprint density at radius 3 is 1.36 bits per heavy atom. The monoisotopic (exact) mass is 454 g/mol. The summed E-state index contributed by atoms with van der Waals surface area (Å²) in [5.41, 5.74) is 2.35. The Morgan fingerprint density at radius 2 is 0.970 bits per heavy atom. The number of aryl methyl sites for hydroxylation is 2. The van der Waals surface area contributed by atoms with Crippen molar-refractivity contribution in [2.75, 3.05) is 0 Å². The first-order valence-electron chi connectivity index (χ1n) is 13.4. The van der Waals surface area contributed by atoms with E-state index in [2.05, 4.69) is 48.1 Å². The molecule has 0 aromatic carbocycles. The Kier molecular flexibility index (Phi) is 14.1. The summed E-state index contributed by atoms with van der Waals surface area (Å²) in [6, 6.07) is 8.44. The second kappa shape index (κ2) is 17.3. The highest BCUT2D eigenvalue weighted by molar-refractivity contribution is 5.66. The molecule has 0 aliphatic carbocycles. The number of nitrogens with zero attached hydrogens (tertiary/aromatic N) is 2. The van der Waals surface area contributed by atoms with Gasteiger partial charge in [0.2, 0.25) is 0 Å². The molecule has 33 heavy (non-hydrogen) atoms. The molecule has 2 heterocycles. The Hall–Kier alpha value is -2.23. The fraction of sp³-hybridized carbons (Fsp3) is 0.621. The molecule has 0 saturated carbocycles. The van der Waals surface area contributed by atoms with Crippen molar-refractivity contribution in [2.45, 2.75) is 116 Å². The highest BCUT2D eigenvalue weighted by Gasteiger charge is 2.07. The summed E-state index contributed by atoms with van der Waals surface area (Å²) >= 11 is 0. The zero-order valence-corrected chi connectivity index (χ0v) is 20.9. The van der Waals surface area contributed by atoms with E-state index in [4.69, 9.17) is 5.11 Å². The van der Waals surface area contributed by atoms with Crippen LogP contribution in [0, 0.1) is 0 Å². The van der Waals surface area contributed by atoms with Crippen LogP contribution < -0.4 is 9.13 Å². The predicted octanol–water partition coefficient (Wildman–Crippen LogP) is 6.88. The minimum atomic E-state index is -0.766. The summed E-state index contributed by atoms with van der Waals surface area (Å²) in [5.74, 6) is -0.766. The van der Waals surface area contributed by atoms with Crippen molar-refractivity contribution in [1.82, 2.24) is 0 Å². The van der Waals surface area contributed by atoms with Crippen LogP contribution in [0.3, 0.4) is 0 Å². The molecular weight excluding hydrogens is 408 g/mol. The van der Waals surface area contributed by atoms with Crippen LogP contribution in [-0.4, -0.2) is 11.1 Å². The summed E-state index contributed by atoms with van der Waals surface area (Å²) in [6.45, 7) is 3.87. The van der Waals surface area contributed by atoms with Gasteiger partial charge in [-0.15, -0.1) is 0 Å². The third-order valence-corrected chi connectivity index (χ3v) is 6.47. The third-order valence-electron chi connectivity index (χ3n) is 6.47.